The molecule has 2 nitrogen and oxygen atoms in total. The van der Waals surface area contributed by atoms with Gasteiger partial charge in [-0.15, -0.1) is 0 Å². The summed E-state index contributed by atoms with van der Waals surface area (Å²) in [4.78, 5) is 15.5. The van der Waals surface area contributed by atoms with Gasteiger partial charge in [-0.25, -0.2) is 4.39 Å². The lowest BCUT2D eigenvalue weighted by molar-refractivity contribution is 0.0933. The number of Topliss-reactive ketones (excluding diaryl/α,β-unsaturated/α-hetero) is 1. The number of ketones is 1. The average Bonchev–Trinajstić information content (AvgIpc) is 2.77. The Balaban J connectivity index is 1.68. The van der Waals surface area contributed by atoms with E-state index in [1.165, 1.54) is 50.5 Å². The third kappa shape index (κ3) is 3.37. The summed E-state index contributed by atoms with van der Waals surface area (Å²) >= 11 is 0. The molecule has 0 aromatic heterocycles. The van der Waals surface area contributed by atoms with Gasteiger partial charge in [-0.2, -0.15) is 0 Å². The molecule has 0 fully saturated rings. The predicted octanol–water partition coefficient (Wildman–Crippen LogP) is 4.86. The summed E-state index contributed by atoms with van der Waals surface area (Å²) in [5.41, 5.74) is 6.76. The number of halogens is 1. The lowest BCUT2D eigenvalue weighted by Gasteiger charge is -2.34. The van der Waals surface area contributed by atoms with Gasteiger partial charge in [-0.1, -0.05) is 44.2 Å². The van der Waals surface area contributed by atoms with Crippen molar-refractivity contribution in [1.29, 1.82) is 0 Å². The molecule has 0 bridgehead atoms. The van der Waals surface area contributed by atoms with E-state index in [-0.39, 0.29) is 22.9 Å². The van der Waals surface area contributed by atoms with Crippen molar-refractivity contribution in [3.63, 3.8) is 0 Å². The molecule has 2 aliphatic carbocycles. The van der Waals surface area contributed by atoms with Crippen molar-refractivity contribution in [1.82, 2.24) is 0 Å². The number of hydrogen-bond donors (Lipinski definition) is 0. The number of carbonyl (C=O) groups is 1. The van der Waals surface area contributed by atoms with E-state index in [9.17, 15) is 9.18 Å². The summed E-state index contributed by atoms with van der Waals surface area (Å²) in [6.07, 6.45) is 6.10. The Kier molecular flexibility index (Phi) is 4.81. The van der Waals surface area contributed by atoms with Crippen molar-refractivity contribution >= 4 is 23.6 Å². The number of hydrogen-bond acceptors (Lipinski definition) is 2. The predicted molar refractivity (Wildman–Crippen MR) is 130 cm³/mol. The monoisotopic (exact) mass is 425 g/mol. The second kappa shape index (κ2) is 7.44. The minimum absolute atomic E-state index is 0.0624. The van der Waals surface area contributed by atoms with E-state index >= 15 is 0 Å². The first-order valence-corrected chi connectivity index (χ1v) is 11.2. The molecular formula is C29H28FNO. The van der Waals surface area contributed by atoms with Gasteiger partial charge in [0.05, 0.1) is 0 Å². The fraction of sp³-hybridized carbons (Fsp3) is 0.276. The highest BCUT2D eigenvalue weighted by atomic mass is 19.1. The van der Waals surface area contributed by atoms with Crippen LogP contribution in [0.25, 0.3) is 23.3 Å². The number of carbonyl (C=O) groups excluding carboxylic acids is 1. The molecule has 1 unspecified atom stereocenters. The fourth-order valence-electron chi connectivity index (χ4n) is 5.26. The van der Waals surface area contributed by atoms with E-state index < -0.39 is 0 Å². The molecular weight excluding hydrogens is 397 g/mol. The Labute approximate surface area is 188 Å². The Bertz CT molecular complexity index is 1350. The summed E-state index contributed by atoms with van der Waals surface area (Å²) in [5, 5.41) is 2.41. The molecule has 5 rings (SSSR count). The minimum atomic E-state index is -0.320. The van der Waals surface area contributed by atoms with Crippen LogP contribution < -0.4 is 15.3 Å². The van der Waals surface area contributed by atoms with Crippen LogP contribution >= 0.6 is 0 Å². The molecule has 3 heteroatoms. The quantitative estimate of drug-likeness (QED) is 0.559. The summed E-state index contributed by atoms with van der Waals surface area (Å²) in [7, 11) is 4.12. The van der Waals surface area contributed by atoms with Crippen LogP contribution in [0.3, 0.4) is 0 Å². The molecule has 0 saturated heterocycles. The second-order valence-corrected chi connectivity index (χ2v) is 9.86. The molecule has 3 aromatic rings. The second-order valence-electron chi connectivity index (χ2n) is 9.86. The van der Waals surface area contributed by atoms with E-state index in [0.717, 1.165) is 12.8 Å². The number of nitrogens with zero attached hydrogens (tertiary/aromatic N) is 1. The third-order valence-electron chi connectivity index (χ3n) is 7.01. The molecule has 0 amide bonds. The highest BCUT2D eigenvalue weighted by Crippen LogP contribution is 2.35. The Morgan fingerprint density at radius 2 is 1.72 bits per heavy atom. The zero-order valence-corrected chi connectivity index (χ0v) is 19.1. The van der Waals surface area contributed by atoms with Crippen molar-refractivity contribution in [2.45, 2.75) is 32.1 Å². The largest absolute Gasteiger partial charge is 0.378 e. The van der Waals surface area contributed by atoms with Crippen molar-refractivity contribution in [3.05, 3.63) is 87.5 Å². The van der Waals surface area contributed by atoms with Crippen molar-refractivity contribution in [3.8, 4) is 11.1 Å². The first kappa shape index (κ1) is 20.7. The zero-order chi connectivity index (χ0) is 22.6. The van der Waals surface area contributed by atoms with Crippen LogP contribution in [-0.4, -0.2) is 19.9 Å². The summed E-state index contributed by atoms with van der Waals surface area (Å²) in [6.45, 7) is 4.44. The molecule has 2 aliphatic rings. The van der Waals surface area contributed by atoms with Gasteiger partial charge in [0.15, 0.2) is 5.78 Å². The van der Waals surface area contributed by atoms with Crippen LogP contribution in [-0.2, 0) is 11.8 Å². The lowest BCUT2D eigenvalue weighted by Crippen LogP contribution is -2.43. The molecule has 0 radical (unpaired) electrons. The topological polar surface area (TPSA) is 20.3 Å². The molecule has 0 aliphatic heterocycles. The van der Waals surface area contributed by atoms with Gasteiger partial charge in [-0.05, 0) is 87.3 Å². The third-order valence-corrected chi connectivity index (χ3v) is 7.01. The Hall–Kier alpha value is -3.20. The van der Waals surface area contributed by atoms with Crippen LogP contribution in [0.2, 0.25) is 0 Å². The Morgan fingerprint density at radius 1 is 0.969 bits per heavy atom. The molecule has 0 spiro atoms. The van der Waals surface area contributed by atoms with Crippen molar-refractivity contribution in [2.75, 3.05) is 19.0 Å². The first-order chi connectivity index (χ1) is 15.2. The molecule has 3 aromatic carbocycles. The van der Waals surface area contributed by atoms with E-state index in [1.807, 2.05) is 0 Å². The van der Waals surface area contributed by atoms with Crippen molar-refractivity contribution < 1.29 is 9.18 Å². The maximum absolute atomic E-state index is 13.4. The molecule has 0 saturated carbocycles. The van der Waals surface area contributed by atoms with E-state index in [1.54, 1.807) is 12.1 Å². The van der Waals surface area contributed by atoms with Gasteiger partial charge < -0.3 is 4.90 Å². The highest BCUT2D eigenvalue weighted by molar-refractivity contribution is 6.01. The minimum Gasteiger partial charge on any atom is -0.378 e. The maximum Gasteiger partial charge on any atom is 0.169 e. The molecule has 162 valence electrons. The standard InChI is InChI=1S/C29H28FNO/c1-29(2)17-20(28(32)19-5-9-21(30)10-6-19)15-26-24-12-8-18-7-11-22(31(3)4)16-25(18)23(24)13-14-27(26)29/h5-7,9-16,20H,8,17H2,1-4H3. The van der Waals surface area contributed by atoms with Crippen LogP contribution in [0, 0.1) is 11.7 Å². The summed E-state index contributed by atoms with van der Waals surface area (Å²) in [6, 6.07) is 17.1. The normalized spacial score (nSPS) is 17.8. The van der Waals surface area contributed by atoms with E-state index in [0.29, 0.717) is 5.56 Å². The Morgan fingerprint density at radius 3 is 2.44 bits per heavy atom. The van der Waals surface area contributed by atoms with Gasteiger partial charge in [0.1, 0.15) is 5.82 Å². The van der Waals surface area contributed by atoms with Gasteiger partial charge >= 0.3 is 0 Å². The molecule has 0 heterocycles. The van der Waals surface area contributed by atoms with E-state index in [2.05, 4.69) is 75.3 Å². The van der Waals surface area contributed by atoms with Gasteiger partial charge in [0, 0.05) is 31.3 Å². The first-order valence-electron chi connectivity index (χ1n) is 11.2. The van der Waals surface area contributed by atoms with Crippen LogP contribution in [0.5, 0.6) is 0 Å². The number of anilines is 1. The molecule has 1 atom stereocenters. The lowest BCUT2D eigenvalue weighted by atomic mass is 9.69. The summed E-state index contributed by atoms with van der Waals surface area (Å²) in [5.74, 6) is -0.482. The smallest absolute Gasteiger partial charge is 0.169 e. The van der Waals surface area contributed by atoms with Crippen LogP contribution in [0.1, 0.15) is 41.8 Å². The van der Waals surface area contributed by atoms with E-state index in [4.69, 9.17) is 0 Å². The number of benzene rings is 3. The highest BCUT2D eigenvalue weighted by Gasteiger charge is 2.33. The maximum atomic E-state index is 13.4. The zero-order valence-electron chi connectivity index (χ0n) is 19.1. The summed E-state index contributed by atoms with van der Waals surface area (Å²) < 4.78 is 13.4. The number of fused-ring (bicyclic) bond motifs is 5. The molecule has 0 N–H and O–H groups in total. The molecule has 32 heavy (non-hydrogen) atoms. The van der Waals surface area contributed by atoms with Gasteiger partial charge in [0.25, 0.3) is 0 Å². The fourth-order valence-corrected chi connectivity index (χ4v) is 5.26. The van der Waals surface area contributed by atoms with Crippen LogP contribution in [0.4, 0.5) is 10.1 Å². The number of rotatable bonds is 3. The van der Waals surface area contributed by atoms with Crippen molar-refractivity contribution in [2.24, 2.45) is 5.92 Å². The SMILES string of the molecule is CN(C)c1ccc2c(c1)-c1ccc3c(c1=CC2)=CC(C(=O)c1ccc(F)cc1)CC3(C)C. The van der Waals surface area contributed by atoms with Crippen LogP contribution in [0.15, 0.2) is 54.6 Å². The van der Waals surface area contributed by atoms with Gasteiger partial charge in [0.2, 0.25) is 0 Å². The van der Waals surface area contributed by atoms with Gasteiger partial charge in [-0.3, -0.25) is 4.79 Å². The average molecular weight is 426 g/mol.